The van der Waals surface area contributed by atoms with Crippen molar-refractivity contribution in [3.05, 3.63) is 76.5 Å². The fourth-order valence-corrected chi connectivity index (χ4v) is 2.66. The maximum Gasteiger partial charge on any atom is 0.257 e. The van der Waals surface area contributed by atoms with Gasteiger partial charge in [0.05, 0.1) is 6.04 Å². The number of nitrogens with one attached hydrogen (secondary N) is 1. The van der Waals surface area contributed by atoms with Crippen molar-refractivity contribution in [2.75, 3.05) is 0 Å². The maximum atomic E-state index is 12.7. The lowest BCUT2D eigenvalue weighted by Crippen LogP contribution is -2.27. The Balaban J connectivity index is 1.85. The molecule has 1 amide bonds. The van der Waals surface area contributed by atoms with Crippen LogP contribution in [0, 0.1) is 6.92 Å². The number of carbonyl (C=O) groups excluding carboxylic acids is 1. The summed E-state index contributed by atoms with van der Waals surface area (Å²) in [5.74, 6) is 0.282. The van der Waals surface area contributed by atoms with E-state index in [0.717, 1.165) is 11.1 Å². The molecule has 2 aromatic carbocycles. The highest BCUT2D eigenvalue weighted by Crippen LogP contribution is 2.26. The normalized spacial score (nSPS) is 12.0. The summed E-state index contributed by atoms with van der Waals surface area (Å²) in [6, 6.07) is 16.8. The Bertz CT molecular complexity index is 842. The Morgan fingerprint density at radius 3 is 2.46 bits per heavy atom. The molecule has 0 saturated carbocycles. The van der Waals surface area contributed by atoms with Gasteiger partial charge in [0.1, 0.15) is 17.0 Å². The molecule has 0 aliphatic carbocycles. The van der Waals surface area contributed by atoms with Crippen LogP contribution in [0.5, 0.6) is 0 Å². The lowest BCUT2D eigenvalue weighted by atomic mass is 10.0. The zero-order valence-corrected chi connectivity index (χ0v) is 14.2. The molecule has 0 bridgehead atoms. The van der Waals surface area contributed by atoms with Crippen LogP contribution in [-0.4, -0.2) is 11.1 Å². The highest BCUT2D eigenvalue weighted by molar-refractivity contribution is 6.30. The molecular weight excluding hydrogens is 324 g/mol. The average Bonchev–Trinajstić information content (AvgIpc) is 2.98. The van der Waals surface area contributed by atoms with Gasteiger partial charge in [-0.15, -0.1) is 0 Å². The predicted molar refractivity (Wildman–Crippen MR) is 94.0 cm³/mol. The molecule has 1 N–H and O–H groups in total. The van der Waals surface area contributed by atoms with Crippen LogP contribution in [0.2, 0.25) is 5.02 Å². The highest BCUT2D eigenvalue weighted by Gasteiger charge is 2.22. The first-order valence-electron chi connectivity index (χ1n) is 7.64. The van der Waals surface area contributed by atoms with E-state index in [1.165, 1.54) is 0 Å². The fourth-order valence-electron chi connectivity index (χ4n) is 2.54. The quantitative estimate of drug-likeness (QED) is 0.742. The topological polar surface area (TPSA) is 55.1 Å². The molecule has 0 aliphatic heterocycles. The Morgan fingerprint density at radius 2 is 1.79 bits per heavy atom. The summed E-state index contributed by atoms with van der Waals surface area (Å²) in [7, 11) is 0. The van der Waals surface area contributed by atoms with E-state index in [0.29, 0.717) is 22.0 Å². The number of halogens is 1. The van der Waals surface area contributed by atoms with E-state index >= 15 is 0 Å². The lowest BCUT2D eigenvalue weighted by molar-refractivity contribution is 0.0939. The van der Waals surface area contributed by atoms with Crippen LogP contribution in [0.25, 0.3) is 11.3 Å². The second-order valence-electron chi connectivity index (χ2n) is 5.58. The van der Waals surface area contributed by atoms with E-state index in [1.807, 2.05) is 49.4 Å². The van der Waals surface area contributed by atoms with Crippen LogP contribution in [0.15, 0.2) is 59.1 Å². The number of hydrogen-bond acceptors (Lipinski definition) is 3. The first-order valence-corrected chi connectivity index (χ1v) is 8.02. The van der Waals surface area contributed by atoms with Crippen molar-refractivity contribution in [2.45, 2.75) is 19.9 Å². The van der Waals surface area contributed by atoms with Crippen LogP contribution in [-0.2, 0) is 0 Å². The van der Waals surface area contributed by atoms with Gasteiger partial charge in [-0.3, -0.25) is 4.79 Å². The molecular formula is C19H17ClN2O2. The van der Waals surface area contributed by atoms with Gasteiger partial charge in [-0.1, -0.05) is 59.2 Å². The predicted octanol–water partition coefficient (Wildman–Crippen LogP) is 4.79. The molecule has 24 heavy (non-hydrogen) atoms. The standard InChI is InChI=1S/C19H17ClN2O2/c1-12(14-8-10-16(20)11-9-14)21-19(23)17-13(2)24-22-18(17)15-6-4-3-5-7-15/h3-12H,1-2H3,(H,21,23)/t12-/m1/s1. The summed E-state index contributed by atoms with van der Waals surface area (Å²) < 4.78 is 5.25. The van der Waals surface area contributed by atoms with Gasteiger partial charge in [-0.05, 0) is 31.5 Å². The number of carbonyl (C=O) groups is 1. The molecule has 5 heteroatoms. The van der Waals surface area contributed by atoms with Crippen LogP contribution >= 0.6 is 11.6 Å². The van der Waals surface area contributed by atoms with Gasteiger partial charge in [0.2, 0.25) is 0 Å². The summed E-state index contributed by atoms with van der Waals surface area (Å²) in [4.78, 5) is 12.7. The number of aryl methyl sites for hydroxylation is 1. The maximum absolute atomic E-state index is 12.7. The zero-order valence-electron chi connectivity index (χ0n) is 13.4. The molecule has 1 atom stereocenters. The smallest absolute Gasteiger partial charge is 0.257 e. The third kappa shape index (κ3) is 3.34. The van der Waals surface area contributed by atoms with Crippen molar-refractivity contribution >= 4 is 17.5 Å². The van der Waals surface area contributed by atoms with Crippen LogP contribution in [0.3, 0.4) is 0 Å². The summed E-state index contributed by atoms with van der Waals surface area (Å²) in [6.45, 7) is 3.66. The Hall–Kier alpha value is -2.59. The Morgan fingerprint density at radius 1 is 1.12 bits per heavy atom. The number of hydrogen-bond donors (Lipinski definition) is 1. The molecule has 4 nitrogen and oxygen atoms in total. The van der Waals surface area contributed by atoms with Gasteiger partial charge in [0.25, 0.3) is 5.91 Å². The minimum atomic E-state index is -0.213. The summed E-state index contributed by atoms with van der Waals surface area (Å²) in [6.07, 6.45) is 0. The molecule has 0 unspecified atom stereocenters. The van der Waals surface area contributed by atoms with Gasteiger partial charge in [0, 0.05) is 10.6 Å². The largest absolute Gasteiger partial charge is 0.360 e. The van der Waals surface area contributed by atoms with Gasteiger partial charge in [-0.25, -0.2) is 0 Å². The van der Waals surface area contributed by atoms with Crippen molar-refractivity contribution in [3.8, 4) is 11.3 Å². The molecule has 0 fully saturated rings. The third-order valence-electron chi connectivity index (χ3n) is 3.85. The van der Waals surface area contributed by atoms with Gasteiger partial charge >= 0.3 is 0 Å². The van der Waals surface area contributed by atoms with Gasteiger partial charge in [0.15, 0.2) is 0 Å². The molecule has 122 valence electrons. The van der Waals surface area contributed by atoms with E-state index in [2.05, 4.69) is 10.5 Å². The monoisotopic (exact) mass is 340 g/mol. The van der Waals surface area contributed by atoms with Crippen molar-refractivity contribution in [3.63, 3.8) is 0 Å². The van der Waals surface area contributed by atoms with Crippen molar-refractivity contribution < 1.29 is 9.32 Å². The van der Waals surface area contributed by atoms with E-state index in [9.17, 15) is 4.79 Å². The van der Waals surface area contributed by atoms with E-state index in [1.54, 1.807) is 19.1 Å². The fraction of sp³-hybridized carbons (Fsp3) is 0.158. The molecule has 0 aliphatic rings. The van der Waals surface area contributed by atoms with E-state index in [4.69, 9.17) is 16.1 Å². The molecule has 0 radical (unpaired) electrons. The summed E-state index contributed by atoms with van der Waals surface area (Å²) in [5.41, 5.74) is 2.83. The summed E-state index contributed by atoms with van der Waals surface area (Å²) in [5, 5.41) is 7.70. The minimum Gasteiger partial charge on any atom is -0.360 e. The van der Waals surface area contributed by atoms with Crippen molar-refractivity contribution in [1.82, 2.24) is 10.5 Å². The minimum absolute atomic E-state index is 0.160. The summed E-state index contributed by atoms with van der Waals surface area (Å²) >= 11 is 5.90. The Kier molecular flexibility index (Phi) is 4.67. The lowest BCUT2D eigenvalue weighted by Gasteiger charge is -2.14. The zero-order chi connectivity index (χ0) is 17.1. The molecule has 1 heterocycles. The van der Waals surface area contributed by atoms with E-state index in [-0.39, 0.29) is 11.9 Å². The van der Waals surface area contributed by atoms with Crippen molar-refractivity contribution in [2.24, 2.45) is 0 Å². The SMILES string of the molecule is Cc1onc(-c2ccccc2)c1C(=O)N[C@H](C)c1ccc(Cl)cc1. The number of nitrogens with zero attached hydrogens (tertiary/aromatic N) is 1. The first-order chi connectivity index (χ1) is 11.6. The van der Waals surface area contributed by atoms with Crippen LogP contribution in [0.1, 0.15) is 34.6 Å². The number of rotatable bonds is 4. The average molecular weight is 341 g/mol. The van der Waals surface area contributed by atoms with Gasteiger partial charge in [-0.2, -0.15) is 0 Å². The second kappa shape index (κ2) is 6.89. The number of amides is 1. The molecule has 0 saturated heterocycles. The van der Waals surface area contributed by atoms with Crippen LogP contribution in [0.4, 0.5) is 0 Å². The first kappa shape index (κ1) is 16.3. The van der Waals surface area contributed by atoms with E-state index < -0.39 is 0 Å². The second-order valence-corrected chi connectivity index (χ2v) is 6.01. The molecule has 3 rings (SSSR count). The molecule has 3 aromatic rings. The van der Waals surface area contributed by atoms with Crippen LogP contribution < -0.4 is 5.32 Å². The number of aromatic nitrogens is 1. The Labute approximate surface area is 145 Å². The van der Waals surface area contributed by atoms with Crippen molar-refractivity contribution in [1.29, 1.82) is 0 Å². The van der Waals surface area contributed by atoms with Gasteiger partial charge < -0.3 is 9.84 Å². The third-order valence-corrected chi connectivity index (χ3v) is 4.11. The highest BCUT2D eigenvalue weighted by atomic mass is 35.5. The molecule has 0 spiro atoms. The number of benzene rings is 2. The molecule has 1 aromatic heterocycles.